The molecule has 5 aromatic rings. The Labute approximate surface area is 178 Å². The maximum absolute atomic E-state index is 6.17. The molecular weight excluding hydrogens is 396 g/mol. The van der Waals surface area contributed by atoms with Crippen molar-refractivity contribution in [3.63, 3.8) is 0 Å². The van der Waals surface area contributed by atoms with Crippen LogP contribution in [-0.2, 0) is 0 Å². The zero-order valence-corrected chi connectivity index (χ0v) is 17.1. The van der Waals surface area contributed by atoms with Crippen molar-refractivity contribution in [2.45, 2.75) is 0 Å². The minimum atomic E-state index is 0.719. The fourth-order valence-electron chi connectivity index (χ4n) is 3.49. The van der Waals surface area contributed by atoms with Crippen LogP contribution in [0.15, 0.2) is 102 Å². The Morgan fingerprint density at radius 2 is 1.34 bits per heavy atom. The third kappa shape index (κ3) is 3.39. The van der Waals surface area contributed by atoms with Crippen LogP contribution in [0.4, 0.5) is 0 Å². The number of halogens is 1. The fraction of sp³-hybridized carbons (Fsp3) is 0. The van der Waals surface area contributed by atoms with Gasteiger partial charge in [-0.2, -0.15) is 0 Å². The van der Waals surface area contributed by atoms with Gasteiger partial charge >= 0.3 is 0 Å². The molecule has 0 aliphatic rings. The Balaban J connectivity index is 1.88. The Morgan fingerprint density at radius 1 is 0.690 bits per heavy atom. The molecule has 3 aromatic carbocycles. The van der Waals surface area contributed by atoms with Crippen LogP contribution < -0.4 is 0 Å². The van der Waals surface area contributed by atoms with Crippen LogP contribution in [0.25, 0.3) is 38.9 Å². The van der Waals surface area contributed by atoms with Gasteiger partial charge in [0.1, 0.15) is 0 Å². The summed E-state index contributed by atoms with van der Waals surface area (Å²) in [7, 11) is 0. The third-order valence-electron chi connectivity index (χ3n) is 4.80. The van der Waals surface area contributed by atoms with E-state index in [2.05, 4.69) is 70.6 Å². The van der Waals surface area contributed by atoms with Crippen LogP contribution in [0.5, 0.6) is 0 Å². The van der Waals surface area contributed by atoms with Crippen molar-refractivity contribution < 1.29 is 0 Å². The lowest BCUT2D eigenvalue weighted by Crippen LogP contribution is -1.99. The molecule has 0 saturated heterocycles. The van der Waals surface area contributed by atoms with Crippen LogP contribution >= 0.6 is 22.9 Å². The van der Waals surface area contributed by atoms with Gasteiger partial charge in [-0.05, 0) is 35.7 Å². The Hall–Kier alpha value is -3.14. The normalized spacial score (nSPS) is 10.9. The van der Waals surface area contributed by atoms with E-state index < -0.39 is 0 Å². The molecule has 0 aliphatic carbocycles. The van der Waals surface area contributed by atoms with Crippen LogP contribution in [0, 0.1) is 0 Å². The van der Waals surface area contributed by atoms with Gasteiger partial charge in [-0.25, -0.2) is 4.98 Å². The maximum atomic E-state index is 6.17. The van der Waals surface area contributed by atoms with Gasteiger partial charge in [-0.1, -0.05) is 78.3 Å². The zero-order chi connectivity index (χ0) is 19.6. The summed E-state index contributed by atoms with van der Waals surface area (Å²) in [6.07, 6.45) is 0. The van der Waals surface area contributed by atoms with Gasteiger partial charge in [-0.15, -0.1) is 11.3 Å². The molecule has 0 saturated carbocycles. The molecule has 140 valence electrons. The largest absolute Gasteiger partial charge is 0.291 e. The van der Waals surface area contributed by atoms with E-state index in [1.54, 1.807) is 11.3 Å². The standard InChI is InChI=1S/C25H17ClN2S/c26-20-13-15-21(16-14-20)28-24(19-10-5-2-6-11-19)23(18-8-3-1-4-9-18)27-25(28)22-12-7-17-29-22/h1-17H. The van der Waals surface area contributed by atoms with Crippen molar-refractivity contribution in [2.24, 2.45) is 0 Å². The number of benzene rings is 3. The van der Waals surface area contributed by atoms with Gasteiger partial charge < -0.3 is 0 Å². The highest BCUT2D eigenvalue weighted by Gasteiger charge is 2.22. The number of aromatic nitrogens is 2. The van der Waals surface area contributed by atoms with Gasteiger partial charge in [0.25, 0.3) is 0 Å². The second-order valence-corrected chi connectivity index (χ2v) is 8.04. The van der Waals surface area contributed by atoms with E-state index in [1.807, 2.05) is 36.4 Å². The van der Waals surface area contributed by atoms with Gasteiger partial charge in [0.2, 0.25) is 0 Å². The lowest BCUT2D eigenvalue weighted by Gasteiger charge is -2.13. The summed E-state index contributed by atoms with van der Waals surface area (Å²) < 4.78 is 2.24. The average Bonchev–Trinajstić information content (AvgIpc) is 3.44. The zero-order valence-electron chi connectivity index (χ0n) is 15.5. The molecule has 2 heterocycles. The number of nitrogens with zero attached hydrogens (tertiary/aromatic N) is 2. The van der Waals surface area contributed by atoms with Crippen molar-refractivity contribution in [2.75, 3.05) is 0 Å². The average molecular weight is 413 g/mol. The van der Waals surface area contributed by atoms with Crippen LogP contribution in [0.1, 0.15) is 0 Å². The topological polar surface area (TPSA) is 17.8 Å². The summed E-state index contributed by atoms with van der Waals surface area (Å²) in [5.74, 6) is 0.931. The molecule has 0 atom stereocenters. The van der Waals surface area contributed by atoms with Crippen LogP contribution in [0.3, 0.4) is 0 Å². The summed E-state index contributed by atoms with van der Waals surface area (Å²) in [5, 5.41) is 2.80. The van der Waals surface area contributed by atoms with E-state index in [0.29, 0.717) is 0 Å². The molecule has 0 amide bonds. The molecule has 0 fully saturated rings. The summed E-state index contributed by atoms with van der Waals surface area (Å²) >= 11 is 7.86. The molecule has 5 rings (SSSR count). The van der Waals surface area contributed by atoms with E-state index in [1.165, 1.54) is 0 Å². The quantitative estimate of drug-likeness (QED) is 0.297. The molecule has 0 unspecified atom stereocenters. The molecule has 0 aliphatic heterocycles. The molecule has 2 nitrogen and oxygen atoms in total. The molecule has 0 radical (unpaired) electrons. The van der Waals surface area contributed by atoms with Gasteiger partial charge in [-0.3, -0.25) is 4.57 Å². The van der Waals surface area contributed by atoms with E-state index >= 15 is 0 Å². The van der Waals surface area contributed by atoms with Crippen LogP contribution in [-0.4, -0.2) is 9.55 Å². The van der Waals surface area contributed by atoms with Crippen molar-refractivity contribution in [1.29, 1.82) is 0 Å². The van der Waals surface area contributed by atoms with Crippen LogP contribution in [0.2, 0.25) is 5.02 Å². The Bertz CT molecular complexity index is 1230. The smallest absolute Gasteiger partial charge is 0.155 e. The van der Waals surface area contributed by atoms with Gasteiger partial charge in [0.15, 0.2) is 5.82 Å². The van der Waals surface area contributed by atoms with E-state index in [-0.39, 0.29) is 0 Å². The highest BCUT2D eigenvalue weighted by Crippen LogP contribution is 2.39. The second kappa shape index (κ2) is 7.70. The lowest BCUT2D eigenvalue weighted by molar-refractivity contribution is 1.08. The van der Waals surface area contributed by atoms with E-state index in [4.69, 9.17) is 16.6 Å². The first kappa shape index (κ1) is 17.9. The Morgan fingerprint density at radius 3 is 1.97 bits per heavy atom. The predicted molar refractivity (Wildman–Crippen MR) is 123 cm³/mol. The SMILES string of the molecule is Clc1ccc(-n2c(-c3cccs3)nc(-c3ccccc3)c2-c2ccccc2)cc1. The first-order valence-electron chi connectivity index (χ1n) is 9.34. The molecule has 0 spiro atoms. The summed E-state index contributed by atoms with van der Waals surface area (Å²) in [5.41, 5.74) is 5.29. The highest BCUT2D eigenvalue weighted by molar-refractivity contribution is 7.13. The van der Waals surface area contributed by atoms with E-state index in [9.17, 15) is 0 Å². The minimum Gasteiger partial charge on any atom is -0.291 e. The molecular formula is C25H17ClN2S. The molecule has 2 aromatic heterocycles. The number of rotatable bonds is 4. The summed E-state index contributed by atoms with van der Waals surface area (Å²) in [4.78, 5) is 6.26. The third-order valence-corrected chi connectivity index (χ3v) is 5.92. The first-order valence-corrected chi connectivity index (χ1v) is 10.6. The molecule has 0 N–H and O–H groups in total. The number of hydrogen-bond donors (Lipinski definition) is 0. The van der Waals surface area contributed by atoms with E-state index in [0.717, 1.165) is 43.9 Å². The number of thiophene rings is 1. The van der Waals surface area contributed by atoms with Crippen molar-refractivity contribution in [3.05, 3.63) is 107 Å². The summed E-state index contributed by atoms with van der Waals surface area (Å²) in [6, 6.07) is 32.9. The second-order valence-electron chi connectivity index (χ2n) is 6.65. The number of hydrogen-bond acceptors (Lipinski definition) is 2. The van der Waals surface area contributed by atoms with Crippen molar-refractivity contribution in [3.8, 4) is 38.9 Å². The molecule has 0 bridgehead atoms. The van der Waals surface area contributed by atoms with Crippen molar-refractivity contribution in [1.82, 2.24) is 9.55 Å². The van der Waals surface area contributed by atoms with Gasteiger partial charge in [0, 0.05) is 21.8 Å². The predicted octanol–water partition coefficient (Wildman–Crippen LogP) is 7.59. The Kier molecular flexibility index (Phi) is 4.76. The maximum Gasteiger partial charge on any atom is 0.155 e. The minimum absolute atomic E-state index is 0.719. The fourth-order valence-corrected chi connectivity index (χ4v) is 4.32. The molecule has 4 heteroatoms. The van der Waals surface area contributed by atoms with Gasteiger partial charge in [0.05, 0.1) is 16.3 Å². The first-order chi connectivity index (χ1) is 14.3. The monoisotopic (exact) mass is 412 g/mol. The highest BCUT2D eigenvalue weighted by atomic mass is 35.5. The number of imidazole rings is 1. The molecule has 29 heavy (non-hydrogen) atoms. The van der Waals surface area contributed by atoms with Crippen molar-refractivity contribution >= 4 is 22.9 Å². The lowest BCUT2D eigenvalue weighted by atomic mass is 10.0. The summed E-state index contributed by atoms with van der Waals surface area (Å²) in [6.45, 7) is 0.